The number of unbranched alkanes of at least 4 members (excludes halogenated alkanes) is 1. The molecule has 0 aromatic heterocycles. The lowest BCUT2D eigenvalue weighted by atomic mass is 10.1. The first kappa shape index (κ1) is 59.1. The molecule has 0 heterocycles. The van der Waals surface area contributed by atoms with Gasteiger partial charge < -0.3 is 49.9 Å². The third-order valence-corrected chi connectivity index (χ3v) is 11.8. The fraction of sp³-hybridized carbons (Fsp3) is 0.509. The molecule has 3 aromatic carbocycles. The lowest BCUT2D eigenvalue weighted by Gasteiger charge is -2.25. The number of hydrogen-bond donors (Lipinski definition) is 4. The average molecular weight is 1080 g/mol. The number of hydrogen-bond acceptors (Lipinski definition) is 11. The molecule has 384 valence electrons. The van der Waals surface area contributed by atoms with Crippen LogP contribution in [-0.4, -0.2) is 121 Å². The number of amides is 5. The zero-order valence-corrected chi connectivity index (χ0v) is 43.4. The van der Waals surface area contributed by atoms with Crippen LogP contribution >= 0.6 is 22.6 Å². The van der Waals surface area contributed by atoms with E-state index in [1.807, 2.05) is 62.4 Å². The van der Waals surface area contributed by atoms with Gasteiger partial charge in [-0.2, -0.15) is 0 Å². The molecule has 2 atom stereocenters. The molecule has 0 saturated carbocycles. The fourth-order valence-corrected chi connectivity index (χ4v) is 7.55. The third-order valence-electron chi connectivity index (χ3n) is 11.1. The van der Waals surface area contributed by atoms with Crippen molar-refractivity contribution >= 4 is 69.9 Å². The van der Waals surface area contributed by atoms with E-state index in [0.29, 0.717) is 97.8 Å². The summed E-state index contributed by atoms with van der Waals surface area (Å²) in [7, 11) is 1.26. The number of rotatable bonds is 37. The number of esters is 1. The second-order valence-corrected chi connectivity index (χ2v) is 17.8. The number of carbonyl (C=O) groups excluding carboxylic acids is 6. The van der Waals surface area contributed by atoms with Gasteiger partial charge in [-0.15, -0.1) is 0 Å². The Kier molecular flexibility index (Phi) is 30.2. The number of nitrogens with zero attached hydrogens (tertiary/aromatic N) is 1. The van der Waals surface area contributed by atoms with Crippen LogP contribution in [0.1, 0.15) is 93.4 Å². The van der Waals surface area contributed by atoms with Gasteiger partial charge in [-0.05, 0) is 108 Å². The normalized spacial score (nSPS) is 11.8. The molecule has 0 bridgehead atoms. The number of halogens is 1. The highest BCUT2D eigenvalue weighted by Crippen LogP contribution is 2.25. The van der Waals surface area contributed by atoms with Crippen molar-refractivity contribution in [3.63, 3.8) is 0 Å². The Bertz CT molecular complexity index is 2050. The first-order valence-electron chi connectivity index (χ1n) is 24.3. The summed E-state index contributed by atoms with van der Waals surface area (Å²) in [5, 5.41) is 11.2. The zero-order valence-electron chi connectivity index (χ0n) is 41.2. The van der Waals surface area contributed by atoms with E-state index in [4.69, 9.17) is 23.7 Å². The predicted octanol–water partition coefficient (Wildman–Crippen LogP) is 6.38. The summed E-state index contributed by atoms with van der Waals surface area (Å²) in [6.07, 6.45) is 6.41. The van der Waals surface area contributed by atoms with Gasteiger partial charge in [0.05, 0.1) is 72.2 Å². The monoisotopic (exact) mass is 1080 g/mol. The maximum atomic E-state index is 13.5. The van der Waals surface area contributed by atoms with Crippen LogP contribution in [-0.2, 0) is 65.4 Å². The van der Waals surface area contributed by atoms with Crippen molar-refractivity contribution in [2.45, 2.75) is 103 Å². The summed E-state index contributed by atoms with van der Waals surface area (Å²) >= 11 is 2.26. The standard InChI is InChI=1S/C53H74IN5O11/c1-5-14-45(52(64)58-46(53(65)66-4)19-11-12-29-55-48(60)21-13-16-41-22-24-44(54)25-23-41)57-50(62)28-31-67-33-35-69-37-38-70-36-34-68-32-30-56-49(61)26-27-51(63)59(39-43-18-8-7-15-40(43)3)47-20-10-9-17-42(47)6-2/h6-10,15,17-18,20,22-25,45-46H,2,5,11-14,16,19,21,26-39H2,1,3-4H3,(H,55,60)(H,56,61)(H,57,62)(H,58,64). The molecule has 0 spiro atoms. The smallest absolute Gasteiger partial charge is 0.328 e. The number of benzene rings is 3. The summed E-state index contributed by atoms with van der Waals surface area (Å²) in [5.74, 6) is -1.81. The Morgan fingerprint density at radius 2 is 1.29 bits per heavy atom. The molecule has 0 aliphatic carbocycles. The van der Waals surface area contributed by atoms with Crippen LogP contribution in [0.4, 0.5) is 5.69 Å². The second-order valence-electron chi connectivity index (χ2n) is 16.5. The minimum atomic E-state index is -0.885. The van der Waals surface area contributed by atoms with Gasteiger partial charge in [0.2, 0.25) is 29.5 Å². The predicted molar refractivity (Wildman–Crippen MR) is 279 cm³/mol. The van der Waals surface area contributed by atoms with Gasteiger partial charge in [0.25, 0.3) is 0 Å². The van der Waals surface area contributed by atoms with Crippen LogP contribution in [0.2, 0.25) is 0 Å². The van der Waals surface area contributed by atoms with Crippen molar-refractivity contribution in [3.8, 4) is 0 Å². The van der Waals surface area contributed by atoms with Gasteiger partial charge in [0, 0.05) is 42.3 Å². The minimum absolute atomic E-state index is 0.0200. The van der Waals surface area contributed by atoms with Gasteiger partial charge in [-0.1, -0.05) is 80.6 Å². The van der Waals surface area contributed by atoms with E-state index in [9.17, 15) is 28.8 Å². The van der Waals surface area contributed by atoms with E-state index >= 15 is 0 Å². The number of ether oxygens (including phenoxy) is 5. The van der Waals surface area contributed by atoms with Gasteiger partial charge >= 0.3 is 5.97 Å². The summed E-state index contributed by atoms with van der Waals surface area (Å²) in [4.78, 5) is 78.4. The molecule has 3 rings (SSSR count). The molecule has 4 N–H and O–H groups in total. The molecule has 0 aliphatic rings. The van der Waals surface area contributed by atoms with E-state index in [-0.39, 0.29) is 56.1 Å². The average Bonchev–Trinajstić information content (AvgIpc) is 3.36. The highest BCUT2D eigenvalue weighted by atomic mass is 127. The number of aryl methyl sites for hydroxylation is 2. The van der Waals surface area contributed by atoms with Crippen molar-refractivity contribution in [3.05, 3.63) is 105 Å². The number of methoxy groups -OCH3 is 1. The summed E-state index contributed by atoms with van der Waals surface area (Å²) < 4.78 is 28.3. The lowest BCUT2D eigenvalue weighted by molar-refractivity contribution is -0.145. The lowest BCUT2D eigenvalue weighted by Crippen LogP contribution is -2.51. The second kappa shape index (κ2) is 35.8. The number of anilines is 1. The van der Waals surface area contributed by atoms with Crippen LogP contribution in [0.25, 0.3) is 6.08 Å². The van der Waals surface area contributed by atoms with Crippen molar-refractivity contribution in [2.24, 2.45) is 0 Å². The number of nitrogens with one attached hydrogen (secondary N) is 4. The third kappa shape index (κ3) is 24.6. The van der Waals surface area contributed by atoms with Gasteiger partial charge in [0.15, 0.2) is 0 Å². The highest BCUT2D eigenvalue weighted by molar-refractivity contribution is 14.1. The molecule has 16 nitrogen and oxygen atoms in total. The van der Waals surface area contributed by atoms with Crippen molar-refractivity contribution < 1.29 is 52.5 Å². The summed E-state index contributed by atoms with van der Waals surface area (Å²) in [6, 6.07) is 22.0. The molecule has 5 amide bonds. The molecular formula is C53H74IN5O11. The molecular weight excluding hydrogens is 1010 g/mol. The first-order chi connectivity index (χ1) is 33.9. The Morgan fingerprint density at radius 3 is 1.96 bits per heavy atom. The molecule has 3 aromatic rings. The number of para-hydroxylation sites is 1. The minimum Gasteiger partial charge on any atom is -0.467 e. The molecule has 0 radical (unpaired) electrons. The molecule has 70 heavy (non-hydrogen) atoms. The van der Waals surface area contributed by atoms with Crippen molar-refractivity contribution in [1.29, 1.82) is 0 Å². The zero-order chi connectivity index (χ0) is 50.8. The van der Waals surface area contributed by atoms with E-state index in [1.165, 1.54) is 16.2 Å². The number of carbonyl (C=O) groups is 6. The van der Waals surface area contributed by atoms with E-state index in [1.54, 1.807) is 11.0 Å². The Morgan fingerprint density at radius 1 is 0.657 bits per heavy atom. The Labute approximate surface area is 427 Å². The highest BCUT2D eigenvalue weighted by Gasteiger charge is 2.27. The molecule has 0 fully saturated rings. The van der Waals surface area contributed by atoms with Gasteiger partial charge in [-0.25, -0.2) is 4.79 Å². The molecule has 0 aliphatic heterocycles. The van der Waals surface area contributed by atoms with Gasteiger partial charge in [-0.3, -0.25) is 24.0 Å². The van der Waals surface area contributed by atoms with Crippen LogP contribution in [0.5, 0.6) is 0 Å². The summed E-state index contributed by atoms with van der Waals surface area (Å²) in [5.41, 5.74) is 4.89. The summed E-state index contributed by atoms with van der Waals surface area (Å²) in [6.45, 7) is 11.3. The van der Waals surface area contributed by atoms with Crippen LogP contribution in [0.15, 0.2) is 79.4 Å². The maximum absolute atomic E-state index is 13.5. The first-order valence-corrected chi connectivity index (χ1v) is 25.4. The molecule has 0 saturated heterocycles. The quantitative estimate of drug-likeness (QED) is 0.0284. The molecule has 2 unspecified atom stereocenters. The Hall–Kier alpha value is -5.21. The maximum Gasteiger partial charge on any atom is 0.328 e. The van der Waals surface area contributed by atoms with Gasteiger partial charge in [0.1, 0.15) is 12.1 Å². The Balaban J connectivity index is 1.18. The van der Waals surface area contributed by atoms with E-state index in [2.05, 4.69) is 74.7 Å². The molecule has 17 heteroatoms. The van der Waals surface area contributed by atoms with Crippen LogP contribution in [0.3, 0.4) is 0 Å². The fourth-order valence-electron chi connectivity index (χ4n) is 7.19. The van der Waals surface area contributed by atoms with E-state index in [0.717, 1.165) is 35.2 Å². The van der Waals surface area contributed by atoms with Crippen molar-refractivity contribution in [2.75, 3.05) is 78.0 Å². The largest absolute Gasteiger partial charge is 0.467 e. The SMILES string of the molecule is C=Cc1ccccc1N(Cc1ccccc1C)C(=O)CCC(=O)NCCOCCOCCOCCOCCC(=O)NC(CCC)C(=O)NC(CCCCNC(=O)CCCc1ccc(I)cc1)C(=O)OC. The van der Waals surface area contributed by atoms with Crippen molar-refractivity contribution in [1.82, 2.24) is 21.3 Å². The van der Waals surface area contributed by atoms with E-state index < -0.39 is 24.0 Å². The van der Waals surface area contributed by atoms with Crippen LogP contribution < -0.4 is 26.2 Å². The van der Waals surface area contributed by atoms with Crippen LogP contribution in [0, 0.1) is 10.5 Å². The topological polar surface area (TPSA) is 200 Å².